The highest BCUT2D eigenvalue weighted by Crippen LogP contribution is 2.44. The number of para-hydroxylation sites is 1. The van der Waals surface area contributed by atoms with Crippen LogP contribution < -0.4 is 4.90 Å². The van der Waals surface area contributed by atoms with Crippen LogP contribution in [0.5, 0.6) is 0 Å². The van der Waals surface area contributed by atoms with E-state index in [2.05, 4.69) is 26.0 Å². The highest BCUT2D eigenvalue weighted by molar-refractivity contribution is 6.10. The van der Waals surface area contributed by atoms with E-state index in [1.807, 2.05) is 12.1 Å². The lowest BCUT2D eigenvalue weighted by Crippen LogP contribution is -2.41. The van der Waals surface area contributed by atoms with Gasteiger partial charge in [-0.05, 0) is 42.0 Å². The molecule has 0 saturated heterocycles. The SMILES string of the molecule is COC(=O)c1ccccc1N1C(=O)CC(c2ccc(C(C)C)cc2)C2=C1CCCC2=O. The van der Waals surface area contributed by atoms with Crippen molar-refractivity contribution in [3.8, 4) is 0 Å². The van der Waals surface area contributed by atoms with Gasteiger partial charge in [0.25, 0.3) is 0 Å². The molecule has 0 spiro atoms. The van der Waals surface area contributed by atoms with Crippen LogP contribution in [0.2, 0.25) is 0 Å². The number of nitrogens with zero attached hydrogens (tertiary/aromatic N) is 1. The summed E-state index contributed by atoms with van der Waals surface area (Å²) >= 11 is 0. The van der Waals surface area contributed by atoms with Gasteiger partial charge < -0.3 is 4.74 Å². The number of methoxy groups -OCH3 is 1. The lowest BCUT2D eigenvalue weighted by Gasteiger charge is -2.38. The predicted octanol–water partition coefficient (Wildman–Crippen LogP) is 5.12. The Morgan fingerprint density at radius 1 is 1.03 bits per heavy atom. The van der Waals surface area contributed by atoms with Crippen LogP contribution in [0, 0.1) is 0 Å². The summed E-state index contributed by atoms with van der Waals surface area (Å²) in [5, 5.41) is 0. The van der Waals surface area contributed by atoms with E-state index in [9.17, 15) is 14.4 Å². The molecule has 1 aliphatic heterocycles. The second-order valence-corrected chi connectivity index (χ2v) is 8.45. The van der Waals surface area contributed by atoms with Crippen LogP contribution in [0.4, 0.5) is 5.69 Å². The van der Waals surface area contributed by atoms with E-state index >= 15 is 0 Å². The molecule has 0 N–H and O–H groups in total. The van der Waals surface area contributed by atoms with E-state index in [0.29, 0.717) is 42.0 Å². The number of carbonyl (C=O) groups is 3. The van der Waals surface area contributed by atoms with E-state index < -0.39 is 5.97 Å². The van der Waals surface area contributed by atoms with Crippen molar-refractivity contribution in [1.29, 1.82) is 0 Å². The fourth-order valence-electron chi connectivity index (χ4n) is 4.62. The van der Waals surface area contributed by atoms with Gasteiger partial charge in [-0.25, -0.2) is 4.79 Å². The number of Topliss-reactive ketones (excluding diaryl/α,β-unsaturated/α-hetero) is 1. The lowest BCUT2D eigenvalue weighted by atomic mass is 9.76. The Labute approximate surface area is 182 Å². The molecule has 2 aromatic rings. The number of ketones is 1. The zero-order chi connectivity index (χ0) is 22.1. The smallest absolute Gasteiger partial charge is 0.339 e. The van der Waals surface area contributed by atoms with Crippen LogP contribution in [0.1, 0.15) is 72.9 Å². The normalized spacial score (nSPS) is 19.0. The Morgan fingerprint density at radius 2 is 1.74 bits per heavy atom. The fraction of sp³-hybridized carbons (Fsp3) is 0.346. The lowest BCUT2D eigenvalue weighted by molar-refractivity contribution is -0.119. The van der Waals surface area contributed by atoms with Gasteiger partial charge in [0.1, 0.15) is 0 Å². The Hall–Kier alpha value is -3.21. The molecule has 0 saturated carbocycles. The number of ether oxygens (including phenoxy) is 1. The molecule has 0 fully saturated rings. The van der Waals surface area contributed by atoms with Crippen molar-refractivity contribution in [3.05, 3.63) is 76.5 Å². The van der Waals surface area contributed by atoms with E-state index in [1.165, 1.54) is 12.7 Å². The maximum atomic E-state index is 13.4. The first-order valence-electron chi connectivity index (χ1n) is 10.8. The van der Waals surface area contributed by atoms with Gasteiger partial charge in [0, 0.05) is 30.0 Å². The van der Waals surface area contributed by atoms with Crippen LogP contribution in [-0.2, 0) is 14.3 Å². The zero-order valence-corrected chi connectivity index (χ0v) is 18.2. The molecule has 1 unspecified atom stereocenters. The average Bonchev–Trinajstić information content (AvgIpc) is 2.78. The number of hydrogen-bond acceptors (Lipinski definition) is 4. The monoisotopic (exact) mass is 417 g/mol. The second kappa shape index (κ2) is 8.50. The summed E-state index contributed by atoms with van der Waals surface area (Å²) in [7, 11) is 1.32. The molecule has 1 heterocycles. The molecule has 2 aromatic carbocycles. The van der Waals surface area contributed by atoms with E-state index in [-0.39, 0.29) is 24.0 Å². The minimum atomic E-state index is -0.501. The van der Waals surface area contributed by atoms with Crippen LogP contribution in [0.3, 0.4) is 0 Å². The van der Waals surface area contributed by atoms with Crippen molar-refractivity contribution < 1.29 is 19.1 Å². The molecular formula is C26H27NO4. The number of esters is 1. The van der Waals surface area contributed by atoms with Crippen molar-refractivity contribution in [2.75, 3.05) is 12.0 Å². The maximum Gasteiger partial charge on any atom is 0.339 e. The number of anilines is 1. The summed E-state index contributed by atoms with van der Waals surface area (Å²) in [5.41, 5.74) is 4.45. The quantitative estimate of drug-likeness (QED) is 0.648. The van der Waals surface area contributed by atoms with Crippen molar-refractivity contribution in [2.24, 2.45) is 0 Å². The van der Waals surface area contributed by atoms with Crippen molar-refractivity contribution in [2.45, 2.75) is 51.4 Å². The van der Waals surface area contributed by atoms with Gasteiger partial charge in [-0.1, -0.05) is 50.2 Å². The molecule has 0 aromatic heterocycles. The molecule has 5 nitrogen and oxygen atoms in total. The Morgan fingerprint density at radius 3 is 2.42 bits per heavy atom. The highest BCUT2D eigenvalue weighted by atomic mass is 16.5. The van der Waals surface area contributed by atoms with Crippen LogP contribution in [0.15, 0.2) is 59.8 Å². The summed E-state index contributed by atoms with van der Waals surface area (Å²) in [4.78, 5) is 40.4. The number of carbonyl (C=O) groups excluding carboxylic acids is 3. The van der Waals surface area contributed by atoms with E-state index in [0.717, 1.165) is 11.3 Å². The topological polar surface area (TPSA) is 63.7 Å². The Kier molecular flexibility index (Phi) is 5.77. The third-order valence-electron chi connectivity index (χ3n) is 6.23. The summed E-state index contributed by atoms with van der Waals surface area (Å²) < 4.78 is 4.92. The van der Waals surface area contributed by atoms with Gasteiger partial charge >= 0.3 is 5.97 Å². The first kappa shape index (κ1) is 21.0. The van der Waals surface area contributed by atoms with Gasteiger partial charge in [0.15, 0.2) is 5.78 Å². The number of allylic oxidation sites excluding steroid dienone is 2. The number of hydrogen-bond donors (Lipinski definition) is 0. The Balaban J connectivity index is 1.84. The summed E-state index contributed by atoms with van der Waals surface area (Å²) in [6.07, 6.45) is 2.00. The predicted molar refractivity (Wildman–Crippen MR) is 119 cm³/mol. The molecule has 1 amide bonds. The Bertz CT molecular complexity index is 1070. The first-order valence-corrected chi connectivity index (χ1v) is 10.8. The number of rotatable bonds is 4. The molecule has 31 heavy (non-hydrogen) atoms. The van der Waals surface area contributed by atoms with Gasteiger partial charge in [-0.2, -0.15) is 0 Å². The summed E-state index contributed by atoms with van der Waals surface area (Å²) in [6, 6.07) is 15.2. The molecule has 1 atom stereocenters. The van der Waals surface area contributed by atoms with Gasteiger partial charge in [0.2, 0.25) is 5.91 Å². The second-order valence-electron chi connectivity index (χ2n) is 8.45. The van der Waals surface area contributed by atoms with E-state index in [4.69, 9.17) is 4.74 Å². The molecule has 0 bridgehead atoms. The minimum Gasteiger partial charge on any atom is -0.465 e. The fourth-order valence-corrected chi connectivity index (χ4v) is 4.62. The van der Waals surface area contributed by atoms with Crippen LogP contribution in [-0.4, -0.2) is 24.8 Å². The summed E-state index contributed by atoms with van der Waals surface area (Å²) in [5.74, 6) is -0.356. The maximum absolute atomic E-state index is 13.4. The zero-order valence-electron chi connectivity index (χ0n) is 18.2. The molecule has 1 aliphatic carbocycles. The molecule has 4 rings (SSSR count). The third kappa shape index (κ3) is 3.80. The number of benzene rings is 2. The molecule has 5 heteroatoms. The number of amides is 1. The van der Waals surface area contributed by atoms with Gasteiger partial charge in [-0.3, -0.25) is 14.5 Å². The highest BCUT2D eigenvalue weighted by Gasteiger charge is 2.40. The van der Waals surface area contributed by atoms with Crippen molar-refractivity contribution in [3.63, 3.8) is 0 Å². The van der Waals surface area contributed by atoms with Crippen molar-refractivity contribution >= 4 is 23.3 Å². The van der Waals surface area contributed by atoms with Gasteiger partial charge in [-0.15, -0.1) is 0 Å². The molecule has 0 radical (unpaired) electrons. The first-order chi connectivity index (χ1) is 14.9. The van der Waals surface area contributed by atoms with E-state index in [1.54, 1.807) is 29.2 Å². The van der Waals surface area contributed by atoms with Crippen LogP contribution >= 0.6 is 0 Å². The van der Waals surface area contributed by atoms with Crippen LogP contribution in [0.25, 0.3) is 0 Å². The largest absolute Gasteiger partial charge is 0.465 e. The molecular weight excluding hydrogens is 390 g/mol. The molecule has 2 aliphatic rings. The van der Waals surface area contributed by atoms with Crippen molar-refractivity contribution in [1.82, 2.24) is 0 Å². The third-order valence-corrected chi connectivity index (χ3v) is 6.23. The standard InChI is InChI=1S/C26H27NO4/c1-16(2)17-11-13-18(14-12-17)20-15-24(29)27(22-9-6-10-23(28)25(20)22)21-8-5-4-7-19(21)26(30)31-3/h4-5,7-8,11-14,16,20H,6,9-10,15H2,1-3H3. The van der Waals surface area contributed by atoms with Gasteiger partial charge in [0.05, 0.1) is 18.4 Å². The molecule has 160 valence electrons. The minimum absolute atomic E-state index is 0.0900. The summed E-state index contributed by atoms with van der Waals surface area (Å²) in [6.45, 7) is 4.28. The average molecular weight is 418 g/mol.